The highest BCUT2D eigenvalue weighted by atomic mass is 16.5. The predicted molar refractivity (Wildman–Crippen MR) is 98.8 cm³/mol. The van der Waals surface area contributed by atoms with Gasteiger partial charge < -0.3 is 14.8 Å². The second-order valence-electron chi connectivity index (χ2n) is 7.09. The molecule has 7 heteroatoms. The molecule has 0 spiro atoms. The van der Waals surface area contributed by atoms with Gasteiger partial charge in [0.2, 0.25) is 0 Å². The summed E-state index contributed by atoms with van der Waals surface area (Å²) in [5, 5.41) is 4.37. The normalized spacial score (nSPS) is 24.7. The van der Waals surface area contributed by atoms with Gasteiger partial charge in [-0.2, -0.15) is 0 Å². The van der Waals surface area contributed by atoms with Crippen LogP contribution in [0.5, 0.6) is 0 Å². The van der Waals surface area contributed by atoms with Crippen LogP contribution in [-0.2, 0) is 9.47 Å². The van der Waals surface area contributed by atoms with E-state index in [-0.39, 0.29) is 24.2 Å². The van der Waals surface area contributed by atoms with Gasteiger partial charge in [-0.05, 0) is 6.07 Å². The predicted octanol–water partition coefficient (Wildman–Crippen LogP) is 2.10. The first-order chi connectivity index (χ1) is 13.3. The number of nitrogens with one attached hydrogen (secondary N) is 1. The van der Waals surface area contributed by atoms with Crippen LogP contribution in [0, 0.1) is 0 Å². The average Bonchev–Trinajstić information content (AvgIpc) is 3.08. The fraction of sp³-hybridized carbons (Fsp3) is 0.350. The maximum absolute atomic E-state index is 13.0. The summed E-state index contributed by atoms with van der Waals surface area (Å²) < 4.78 is 13.3. The van der Waals surface area contributed by atoms with Crippen LogP contribution in [0.2, 0.25) is 0 Å². The molecule has 7 nitrogen and oxygen atoms in total. The number of para-hydroxylation sites is 1. The number of carbonyl (C=O) groups is 1. The lowest BCUT2D eigenvalue weighted by molar-refractivity contribution is -0.0339. The molecular weight excluding hydrogens is 344 g/mol. The molecule has 0 amide bonds. The fourth-order valence-electron chi connectivity index (χ4n) is 4.04. The summed E-state index contributed by atoms with van der Waals surface area (Å²) in [6.45, 7) is 1.35. The Morgan fingerprint density at radius 1 is 1.19 bits per heavy atom. The SMILES string of the molecule is O=C(OC1CC2COCC(C1)N2)c1cn(-c2cnccn2)c2ccccc12. The second-order valence-corrected chi connectivity index (χ2v) is 7.09. The molecule has 2 unspecified atom stereocenters. The minimum Gasteiger partial charge on any atom is -0.459 e. The molecule has 3 aromatic rings. The van der Waals surface area contributed by atoms with Gasteiger partial charge in [0.15, 0.2) is 5.82 Å². The highest BCUT2D eigenvalue weighted by molar-refractivity contribution is 6.04. The number of esters is 1. The van der Waals surface area contributed by atoms with Crippen LogP contribution in [0.1, 0.15) is 23.2 Å². The average molecular weight is 364 g/mol. The van der Waals surface area contributed by atoms with Crippen molar-refractivity contribution in [3.05, 3.63) is 54.6 Å². The number of piperidine rings is 1. The second kappa shape index (κ2) is 6.75. The standard InChI is InChI=1S/C20H20N4O3/c25-20(27-15-7-13-11-26-12-14(8-15)23-13)17-10-24(19-9-21-5-6-22-19)18-4-2-1-3-16(17)18/h1-6,9-10,13-15,23H,7-8,11-12H2. The third-order valence-corrected chi connectivity index (χ3v) is 5.21. The summed E-state index contributed by atoms with van der Waals surface area (Å²) in [5.41, 5.74) is 1.46. The van der Waals surface area contributed by atoms with Crippen molar-refractivity contribution >= 4 is 16.9 Å². The quantitative estimate of drug-likeness (QED) is 0.717. The minimum atomic E-state index is -0.292. The van der Waals surface area contributed by atoms with E-state index >= 15 is 0 Å². The zero-order chi connectivity index (χ0) is 18.2. The van der Waals surface area contributed by atoms with Crippen LogP contribution in [0.4, 0.5) is 0 Å². The molecule has 2 aromatic heterocycles. The molecule has 27 heavy (non-hydrogen) atoms. The summed E-state index contributed by atoms with van der Waals surface area (Å²) in [5.74, 6) is 0.376. The van der Waals surface area contributed by atoms with Gasteiger partial charge in [-0.15, -0.1) is 0 Å². The molecule has 2 aliphatic heterocycles. The fourth-order valence-corrected chi connectivity index (χ4v) is 4.04. The van der Waals surface area contributed by atoms with Crippen molar-refractivity contribution in [2.45, 2.75) is 31.0 Å². The van der Waals surface area contributed by atoms with E-state index in [1.165, 1.54) is 0 Å². The van der Waals surface area contributed by atoms with Crippen molar-refractivity contribution in [3.8, 4) is 5.82 Å². The lowest BCUT2D eigenvalue weighted by Gasteiger charge is -2.39. The maximum atomic E-state index is 13.0. The van der Waals surface area contributed by atoms with Crippen LogP contribution in [0.25, 0.3) is 16.7 Å². The van der Waals surface area contributed by atoms with Gasteiger partial charge in [-0.3, -0.25) is 9.55 Å². The van der Waals surface area contributed by atoms with Crippen molar-refractivity contribution in [2.75, 3.05) is 13.2 Å². The first-order valence-electron chi connectivity index (χ1n) is 9.19. The molecule has 0 saturated carbocycles. The Balaban J connectivity index is 1.45. The van der Waals surface area contributed by atoms with Crippen LogP contribution >= 0.6 is 0 Å². The van der Waals surface area contributed by atoms with E-state index in [2.05, 4.69) is 15.3 Å². The van der Waals surface area contributed by atoms with Gasteiger partial charge >= 0.3 is 5.97 Å². The van der Waals surface area contributed by atoms with E-state index in [1.807, 2.05) is 28.8 Å². The van der Waals surface area contributed by atoms with Crippen LogP contribution in [0.3, 0.4) is 0 Å². The van der Waals surface area contributed by atoms with Crippen molar-refractivity contribution < 1.29 is 14.3 Å². The van der Waals surface area contributed by atoms with E-state index in [9.17, 15) is 4.79 Å². The molecular formula is C20H20N4O3. The molecule has 1 aromatic carbocycles. The Morgan fingerprint density at radius 2 is 2.00 bits per heavy atom. The molecule has 0 aliphatic carbocycles. The summed E-state index contributed by atoms with van der Waals surface area (Å²) >= 11 is 0. The Bertz CT molecular complexity index is 960. The van der Waals surface area contributed by atoms with Crippen LogP contribution < -0.4 is 5.32 Å². The zero-order valence-corrected chi connectivity index (χ0v) is 14.7. The van der Waals surface area contributed by atoms with E-state index in [0.29, 0.717) is 24.6 Å². The molecule has 2 atom stereocenters. The largest absolute Gasteiger partial charge is 0.459 e. The smallest absolute Gasteiger partial charge is 0.340 e. The molecule has 2 bridgehead atoms. The van der Waals surface area contributed by atoms with Crippen LogP contribution in [-0.4, -0.2) is 51.9 Å². The molecule has 2 aliphatic rings. The number of morpholine rings is 1. The van der Waals surface area contributed by atoms with E-state index in [0.717, 1.165) is 23.7 Å². The number of benzene rings is 1. The lowest BCUT2D eigenvalue weighted by Crippen LogP contribution is -2.56. The number of ether oxygens (including phenoxy) is 2. The van der Waals surface area contributed by atoms with Crippen LogP contribution in [0.15, 0.2) is 49.1 Å². The van der Waals surface area contributed by atoms with E-state index in [1.54, 1.807) is 24.8 Å². The monoisotopic (exact) mass is 364 g/mol. The Morgan fingerprint density at radius 3 is 2.78 bits per heavy atom. The number of aromatic nitrogens is 3. The number of nitrogens with zero attached hydrogens (tertiary/aromatic N) is 3. The molecule has 2 fully saturated rings. The lowest BCUT2D eigenvalue weighted by atomic mass is 9.94. The van der Waals surface area contributed by atoms with E-state index in [4.69, 9.17) is 9.47 Å². The highest BCUT2D eigenvalue weighted by Crippen LogP contribution is 2.27. The van der Waals surface area contributed by atoms with Gasteiger partial charge in [0.25, 0.3) is 0 Å². The first kappa shape index (κ1) is 16.4. The number of hydrogen-bond donors (Lipinski definition) is 1. The Kier molecular flexibility index (Phi) is 4.10. The minimum absolute atomic E-state index is 0.0868. The van der Waals surface area contributed by atoms with Gasteiger partial charge in [-0.1, -0.05) is 18.2 Å². The molecule has 5 rings (SSSR count). The number of fused-ring (bicyclic) bond motifs is 3. The summed E-state index contributed by atoms with van der Waals surface area (Å²) in [6.07, 6.45) is 8.21. The van der Waals surface area contributed by atoms with Gasteiger partial charge in [0.05, 0.1) is 30.5 Å². The molecule has 1 N–H and O–H groups in total. The van der Waals surface area contributed by atoms with E-state index < -0.39 is 0 Å². The Hall–Kier alpha value is -2.77. The maximum Gasteiger partial charge on any atom is 0.340 e. The third kappa shape index (κ3) is 3.09. The Labute approximate surface area is 156 Å². The van der Waals surface area contributed by atoms with Gasteiger partial charge in [0.1, 0.15) is 6.10 Å². The number of rotatable bonds is 3. The molecule has 138 valence electrons. The molecule has 4 heterocycles. The van der Waals surface area contributed by atoms with Gasteiger partial charge in [-0.25, -0.2) is 9.78 Å². The van der Waals surface area contributed by atoms with Gasteiger partial charge in [0, 0.05) is 48.9 Å². The summed E-state index contributed by atoms with van der Waals surface area (Å²) in [7, 11) is 0. The topological polar surface area (TPSA) is 78.3 Å². The number of hydrogen-bond acceptors (Lipinski definition) is 6. The molecule has 2 saturated heterocycles. The number of carbonyl (C=O) groups excluding carboxylic acids is 1. The first-order valence-corrected chi connectivity index (χ1v) is 9.19. The summed E-state index contributed by atoms with van der Waals surface area (Å²) in [6, 6.07) is 8.29. The summed E-state index contributed by atoms with van der Waals surface area (Å²) in [4.78, 5) is 21.4. The van der Waals surface area contributed by atoms with Crippen molar-refractivity contribution in [2.24, 2.45) is 0 Å². The highest BCUT2D eigenvalue weighted by Gasteiger charge is 2.34. The zero-order valence-electron chi connectivity index (χ0n) is 14.7. The van der Waals surface area contributed by atoms with Crippen molar-refractivity contribution in [1.82, 2.24) is 19.9 Å². The van der Waals surface area contributed by atoms with Crippen molar-refractivity contribution in [1.29, 1.82) is 0 Å². The molecule has 0 radical (unpaired) electrons. The third-order valence-electron chi connectivity index (χ3n) is 5.21. The van der Waals surface area contributed by atoms with Crippen molar-refractivity contribution in [3.63, 3.8) is 0 Å².